The molecule has 0 spiro atoms. The van der Waals surface area contributed by atoms with Crippen molar-refractivity contribution in [3.63, 3.8) is 0 Å². The maximum Gasteiger partial charge on any atom is 0.0710 e. The van der Waals surface area contributed by atoms with E-state index < -0.39 is 0 Å². The van der Waals surface area contributed by atoms with Crippen LogP contribution in [-0.2, 0) is 9.47 Å². The van der Waals surface area contributed by atoms with Crippen LogP contribution in [0.5, 0.6) is 0 Å². The molecule has 2 rings (SSSR count). The summed E-state index contributed by atoms with van der Waals surface area (Å²) in [7, 11) is 1.80. The molecule has 3 unspecified atom stereocenters. The van der Waals surface area contributed by atoms with Crippen LogP contribution in [0.4, 0.5) is 0 Å². The van der Waals surface area contributed by atoms with Gasteiger partial charge < -0.3 is 15.2 Å². The lowest BCUT2D eigenvalue weighted by Gasteiger charge is -2.39. The largest absolute Gasteiger partial charge is 0.381 e. The van der Waals surface area contributed by atoms with Crippen LogP contribution in [-0.4, -0.2) is 55.5 Å². The number of hydrogen-bond donors (Lipinski definition) is 1. The van der Waals surface area contributed by atoms with Crippen LogP contribution in [0.2, 0.25) is 0 Å². The molecule has 3 atom stereocenters. The van der Waals surface area contributed by atoms with Crippen molar-refractivity contribution in [2.24, 2.45) is 5.73 Å². The van der Waals surface area contributed by atoms with Gasteiger partial charge in [0.15, 0.2) is 0 Å². The summed E-state index contributed by atoms with van der Waals surface area (Å²) < 4.78 is 11.5. The lowest BCUT2D eigenvalue weighted by Crippen LogP contribution is -2.51. The summed E-state index contributed by atoms with van der Waals surface area (Å²) in [5.41, 5.74) is 5.96. The van der Waals surface area contributed by atoms with Crippen molar-refractivity contribution < 1.29 is 9.47 Å². The van der Waals surface area contributed by atoms with Crippen LogP contribution in [0, 0.1) is 0 Å². The first kappa shape index (κ1) is 14.3. The maximum atomic E-state index is 6.08. The third-order valence-electron chi connectivity index (χ3n) is 4.39. The van der Waals surface area contributed by atoms with Gasteiger partial charge in [0, 0.05) is 32.8 Å². The molecule has 2 N–H and O–H groups in total. The van der Waals surface area contributed by atoms with E-state index in [1.54, 1.807) is 7.11 Å². The molecule has 0 saturated carbocycles. The molecule has 4 heteroatoms. The summed E-state index contributed by atoms with van der Waals surface area (Å²) in [4.78, 5) is 2.50. The maximum absolute atomic E-state index is 6.08. The van der Waals surface area contributed by atoms with Gasteiger partial charge in [-0.25, -0.2) is 0 Å². The van der Waals surface area contributed by atoms with E-state index in [1.165, 1.54) is 12.8 Å². The van der Waals surface area contributed by atoms with Crippen molar-refractivity contribution in [3.8, 4) is 0 Å². The minimum Gasteiger partial charge on any atom is -0.381 e. The first-order chi connectivity index (χ1) is 8.54. The molecule has 0 aliphatic carbocycles. The summed E-state index contributed by atoms with van der Waals surface area (Å²) in [6.45, 7) is 7.20. The Morgan fingerprint density at radius 1 is 1.39 bits per heavy atom. The van der Waals surface area contributed by atoms with Crippen molar-refractivity contribution in [2.75, 3.05) is 26.7 Å². The molecule has 0 aromatic carbocycles. The second-order valence-electron chi connectivity index (χ2n) is 6.30. The summed E-state index contributed by atoms with van der Waals surface area (Å²) in [6.07, 6.45) is 5.28. The number of methoxy groups -OCH3 is 1. The molecule has 0 aromatic rings. The first-order valence-corrected chi connectivity index (χ1v) is 7.19. The summed E-state index contributed by atoms with van der Waals surface area (Å²) in [6, 6.07) is 0.455. The minimum absolute atomic E-state index is 0.0632. The van der Waals surface area contributed by atoms with Crippen molar-refractivity contribution in [1.82, 2.24) is 4.90 Å². The molecular formula is C14H28N2O2. The third-order valence-corrected chi connectivity index (χ3v) is 4.39. The molecule has 106 valence electrons. The van der Waals surface area contributed by atoms with Crippen LogP contribution in [0.25, 0.3) is 0 Å². The van der Waals surface area contributed by atoms with Crippen molar-refractivity contribution in [1.29, 1.82) is 0 Å². The minimum atomic E-state index is 0.0632. The second kappa shape index (κ2) is 5.87. The van der Waals surface area contributed by atoms with E-state index in [0.717, 1.165) is 32.5 Å². The van der Waals surface area contributed by atoms with E-state index in [2.05, 4.69) is 18.7 Å². The summed E-state index contributed by atoms with van der Waals surface area (Å²) >= 11 is 0. The highest BCUT2D eigenvalue weighted by Gasteiger charge is 2.35. The van der Waals surface area contributed by atoms with E-state index in [1.807, 2.05) is 0 Å². The summed E-state index contributed by atoms with van der Waals surface area (Å²) in [5.74, 6) is 0. The molecule has 0 bridgehead atoms. The molecule has 2 heterocycles. The number of hydrogen-bond acceptors (Lipinski definition) is 4. The molecule has 2 fully saturated rings. The molecule has 18 heavy (non-hydrogen) atoms. The van der Waals surface area contributed by atoms with Crippen LogP contribution in [0.3, 0.4) is 0 Å². The van der Waals surface area contributed by atoms with Crippen LogP contribution in [0.1, 0.15) is 39.5 Å². The van der Waals surface area contributed by atoms with E-state index >= 15 is 0 Å². The van der Waals surface area contributed by atoms with E-state index in [9.17, 15) is 0 Å². The van der Waals surface area contributed by atoms with Crippen molar-refractivity contribution in [2.45, 2.75) is 63.4 Å². The molecule has 0 radical (unpaired) electrons. The van der Waals surface area contributed by atoms with Gasteiger partial charge in [-0.15, -0.1) is 0 Å². The molecule has 2 saturated heterocycles. The van der Waals surface area contributed by atoms with Gasteiger partial charge >= 0.3 is 0 Å². The molecular weight excluding hydrogens is 228 g/mol. The average molecular weight is 256 g/mol. The Bertz CT molecular complexity index is 271. The Hall–Kier alpha value is -0.160. The van der Waals surface area contributed by atoms with Gasteiger partial charge in [0.25, 0.3) is 0 Å². The number of ether oxygens (including phenoxy) is 2. The van der Waals surface area contributed by atoms with Gasteiger partial charge in [-0.3, -0.25) is 4.90 Å². The van der Waals surface area contributed by atoms with E-state index in [0.29, 0.717) is 18.2 Å². The normalized spacial score (nSPS) is 37.0. The number of rotatable bonds is 4. The van der Waals surface area contributed by atoms with Crippen molar-refractivity contribution in [3.05, 3.63) is 0 Å². The van der Waals surface area contributed by atoms with E-state index in [4.69, 9.17) is 15.2 Å². The molecule has 2 aliphatic rings. The van der Waals surface area contributed by atoms with Gasteiger partial charge in [-0.1, -0.05) is 0 Å². The Labute approximate surface area is 111 Å². The van der Waals surface area contributed by atoms with Gasteiger partial charge in [0.1, 0.15) is 0 Å². The first-order valence-electron chi connectivity index (χ1n) is 7.19. The third kappa shape index (κ3) is 3.44. The van der Waals surface area contributed by atoms with Crippen LogP contribution >= 0.6 is 0 Å². The van der Waals surface area contributed by atoms with Crippen LogP contribution in [0.15, 0.2) is 0 Å². The van der Waals surface area contributed by atoms with Gasteiger partial charge in [0.05, 0.1) is 17.8 Å². The predicted octanol–water partition coefficient (Wildman–Crippen LogP) is 1.38. The van der Waals surface area contributed by atoms with Crippen molar-refractivity contribution >= 4 is 0 Å². The highest BCUT2D eigenvalue weighted by atomic mass is 16.5. The standard InChI is InChI=1S/C14H28N2O2/c1-14(2)6-4-13(18-14)10-16-7-5-12(17-3)8-11(16)9-15/h11-13H,4-10,15H2,1-3H3. The zero-order chi connectivity index (χ0) is 13.2. The Balaban J connectivity index is 1.85. The van der Waals surface area contributed by atoms with Gasteiger partial charge in [-0.05, 0) is 39.5 Å². The fourth-order valence-corrected chi connectivity index (χ4v) is 3.23. The molecule has 4 nitrogen and oxygen atoms in total. The van der Waals surface area contributed by atoms with Gasteiger partial charge in [0.2, 0.25) is 0 Å². The Kier molecular flexibility index (Phi) is 4.64. The molecule has 2 aliphatic heterocycles. The number of nitrogens with two attached hydrogens (primary N) is 1. The second-order valence-corrected chi connectivity index (χ2v) is 6.30. The predicted molar refractivity (Wildman–Crippen MR) is 72.6 cm³/mol. The van der Waals surface area contributed by atoms with Gasteiger partial charge in [-0.2, -0.15) is 0 Å². The smallest absolute Gasteiger partial charge is 0.0710 e. The Morgan fingerprint density at radius 2 is 2.17 bits per heavy atom. The Morgan fingerprint density at radius 3 is 2.72 bits per heavy atom. The zero-order valence-corrected chi connectivity index (χ0v) is 12.0. The number of piperidine rings is 1. The molecule has 0 amide bonds. The monoisotopic (exact) mass is 256 g/mol. The summed E-state index contributed by atoms with van der Waals surface area (Å²) in [5, 5.41) is 0. The lowest BCUT2D eigenvalue weighted by molar-refractivity contribution is -0.0492. The SMILES string of the molecule is COC1CCN(CC2CCC(C)(C)O2)C(CN)C1. The zero-order valence-electron chi connectivity index (χ0n) is 12.0. The fraction of sp³-hybridized carbons (Fsp3) is 1.00. The topological polar surface area (TPSA) is 47.7 Å². The highest BCUT2D eigenvalue weighted by Crippen LogP contribution is 2.31. The fourth-order valence-electron chi connectivity index (χ4n) is 3.23. The quantitative estimate of drug-likeness (QED) is 0.825. The number of nitrogens with zero attached hydrogens (tertiary/aromatic N) is 1. The van der Waals surface area contributed by atoms with Crippen LogP contribution < -0.4 is 5.73 Å². The number of likely N-dealkylation sites (tertiary alicyclic amines) is 1. The van der Waals surface area contributed by atoms with E-state index in [-0.39, 0.29) is 5.60 Å². The lowest BCUT2D eigenvalue weighted by atomic mass is 9.98. The highest BCUT2D eigenvalue weighted by molar-refractivity contribution is 4.88. The molecule has 0 aromatic heterocycles. The average Bonchev–Trinajstić information content (AvgIpc) is 2.69.